The van der Waals surface area contributed by atoms with Crippen LogP contribution >= 0.6 is 0 Å². The van der Waals surface area contributed by atoms with Crippen LogP contribution in [0.2, 0.25) is 0 Å². The van der Waals surface area contributed by atoms with Gasteiger partial charge in [-0.05, 0) is 58.1 Å². The van der Waals surface area contributed by atoms with Gasteiger partial charge in [0.25, 0.3) is 0 Å². The van der Waals surface area contributed by atoms with E-state index in [-0.39, 0.29) is 17.6 Å². The maximum atomic E-state index is 12.3. The quantitative estimate of drug-likeness (QED) is 0.762. The fraction of sp³-hybridized carbons (Fsp3) is 0.545. The molecule has 1 aromatic carbocycles. The van der Waals surface area contributed by atoms with E-state index in [0.29, 0.717) is 36.3 Å². The highest BCUT2D eigenvalue weighted by Gasteiger charge is 2.33. The molecule has 0 radical (unpaired) electrons. The van der Waals surface area contributed by atoms with E-state index in [4.69, 9.17) is 14.4 Å². The predicted octanol–water partition coefficient (Wildman–Crippen LogP) is 4.58. The van der Waals surface area contributed by atoms with E-state index in [1.165, 1.54) is 12.1 Å². The number of carbonyl (C=O) groups excluding carboxylic acids is 1. The smallest absolute Gasteiger partial charge is 0.410 e. The first kappa shape index (κ1) is 21.8. The number of likely N-dealkylation sites (tertiary alicyclic amines) is 1. The van der Waals surface area contributed by atoms with Crippen molar-refractivity contribution in [1.82, 2.24) is 15.0 Å². The third kappa shape index (κ3) is 5.17. The highest BCUT2D eigenvalue weighted by Crippen LogP contribution is 2.35. The summed E-state index contributed by atoms with van der Waals surface area (Å²) in [6.45, 7) is 8.99. The van der Waals surface area contributed by atoms with Gasteiger partial charge >= 0.3 is 12.1 Å². The number of carboxylic acids is 1. The van der Waals surface area contributed by atoms with Crippen LogP contribution in [0.1, 0.15) is 69.1 Å². The molecule has 1 aromatic heterocycles. The van der Waals surface area contributed by atoms with E-state index >= 15 is 0 Å². The van der Waals surface area contributed by atoms with Crippen LogP contribution in [0.5, 0.6) is 0 Å². The van der Waals surface area contributed by atoms with Gasteiger partial charge in [-0.1, -0.05) is 24.2 Å². The van der Waals surface area contributed by atoms with Crippen molar-refractivity contribution in [2.24, 2.45) is 5.92 Å². The van der Waals surface area contributed by atoms with Crippen molar-refractivity contribution in [2.45, 2.75) is 58.5 Å². The van der Waals surface area contributed by atoms with E-state index < -0.39 is 11.6 Å². The van der Waals surface area contributed by atoms with Crippen LogP contribution < -0.4 is 0 Å². The average molecular weight is 415 g/mol. The maximum absolute atomic E-state index is 12.3. The number of carbonyl (C=O) groups is 2. The molecule has 8 heteroatoms. The molecule has 1 N–H and O–H groups in total. The van der Waals surface area contributed by atoms with Crippen LogP contribution in [0.4, 0.5) is 4.79 Å². The SMILES string of the molecule is CCC(c1nc(-c2ccc(C(=O)O)cc2)no1)C1CCN(C(=O)OC(C)(C)C)CC1. The normalized spacial score (nSPS) is 16.3. The number of hydrogen-bond acceptors (Lipinski definition) is 6. The molecule has 0 bridgehead atoms. The number of hydrogen-bond donors (Lipinski definition) is 1. The molecule has 2 aromatic rings. The third-order valence-electron chi connectivity index (χ3n) is 5.35. The first-order valence-corrected chi connectivity index (χ1v) is 10.3. The summed E-state index contributed by atoms with van der Waals surface area (Å²) in [7, 11) is 0. The molecular formula is C22H29N3O5. The van der Waals surface area contributed by atoms with Gasteiger partial charge in [-0.3, -0.25) is 0 Å². The molecule has 1 aliphatic heterocycles. The highest BCUT2D eigenvalue weighted by molar-refractivity contribution is 5.88. The van der Waals surface area contributed by atoms with E-state index in [1.54, 1.807) is 17.0 Å². The second-order valence-electron chi connectivity index (χ2n) is 8.66. The van der Waals surface area contributed by atoms with Crippen LogP contribution in [0.25, 0.3) is 11.4 Å². The number of piperidine rings is 1. The molecule has 1 amide bonds. The Morgan fingerprint density at radius 1 is 1.23 bits per heavy atom. The standard InChI is InChI=1S/C22H29N3O5/c1-5-17(14-10-12-25(13-11-14)21(28)29-22(2,3)4)19-23-18(24-30-19)15-6-8-16(9-7-15)20(26)27/h6-9,14,17H,5,10-13H2,1-4H3,(H,26,27). The van der Waals surface area contributed by atoms with Crippen molar-refractivity contribution >= 4 is 12.1 Å². The van der Waals surface area contributed by atoms with E-state index in [2.05, 4.69) is 17.1 Å². The lowest BCUT2D eigenvalue weighted by Crippen LogP contribution is -2.42. The number of aromatic nitrogens is 2. The molecule has 0 spiro atoms. The largest absolute Gasteiger partial charge is 0.478 e. The lowest BCUT2D eigenvalue weighted by atomic mass is 9.82. The number of amides is 1. The van der Waals surface area contributed by atoms with Gasteiger partial charge in [-0.15, -0.1) is 0 Å². The molecular weight excluding hydrogens is 386 g/mol. The Balaban J connectivity index is 1.65. The lowest BCUT2D eigenvalue weighted by molar-refractivity contribution is 0.0169. The summed E-state index contributed by atoms with van der Waals surface area (Å²) in [5, 5.41) is 13.1. The summed E-state index contributed by atoms with van der Waals surface area (Å²) in [4.78, 5) is 29.6. The van der Waals surface area contributed by atoms with E-state index in [0.717, 1.165) is 19.3 Å². The monoisotopic (exact) mass is 415 g/mol. The first-order chi connectivity index (χ1) is 14.2. The lowest BCUT2D eigenvalue weighted by Gasteiger charge is -2.35. The van der Waals surface area contributed by atoms with Gasteiger partial charge in [0, 0.05) is 24.6 Å². The number of rotatable bonds is 5. The van der Waals surface area contributed by atoms with Crippen LogP contribution in [-0.2, 0) is 4.74 Å². The summed E-state index contributed by atoms with van der Waals surface area (Å²) in [6.07, 6.45) is 2.29. The zero-order chi connectivity index (χ0) is 21.9. The predicted molar refractivity (Wildman–Crippen MR) is 110 cm³/mol. The Hall–Kier alpha value is -2.90. The fourth-order valence-corrected chi connectivity index (χ4v) is 3.79. The van der Waals surface area contributed by atoms with Gasteiger partial charge in [0.2, 0.25) is 11.7 Å². The molecule has 30 heavy (non-hydrogen) atoms. The van der Waals surface area contributed by atoms with Gasteiger partial charge < -0.3 is 19.3 Å². The molecule has 0 aliphatic carbocycles. The number of carboxylic acid groups (broad SMARTS) is 1. The number of benzene rings is 1. The van der Waals surface area contributed by atoms with E-state index in [9.17, 15) is 9.59 Å². The average Bonchev–Trinajstić information content (AvgIpc) is 3.17. The maximum Gasteiger partial charge on any atom is 0.410 e. The van der Waals surface area contributed by atoms with Crippen molar-refractivity contribution < 1.29 is 24.0 Å². The minimum absolute atomic E-state index is 0.116. The second-order valence-corrected chi connectivity index (χ2v) is 8.66. The Kier molecular flexibility index (Phi) is 6.43. The minimum atomic E-state index is -0.973. The molecule has 162 valence electrons. The fourth-order valence-electron chi connectivity index (χ4n) is 3.79. The van der Waals surface area contributed by atoms with Crippen molar-refractivity contribution in [3.8, 4) is 11.4 Å². The van der Waals surface area contributed by atoms with Gasteiger partial charge in [-0.2, -0.15) is 4.98 Å². The Bertz CT molecular complexity index is 877. The summed E-state index contributed by atoms with van der Waals surface area (Å²) in [5.41, 5.74) is 0.429. The molecule has 2 heterocycles. The summed E-state index contributed by atoms with van der Waals surface area (Å²) in [5.74, 6) is 0.526. The number of nitrogens with zero attached hydrogens (tertiary/aromatic N) is 3. The molecule has 1 aliphatic rings. The van der Waals surface area contributed by atoms with Crippen molar-refractivity contribution in [3.05, 3.63) is 35.7 Å². The molecule has 0 saturated carbocycles. The van der Waals surface area contributed by atoms with Crippen LogP contribution in [0.3, 0.4) is 0 Å². The topological polar surface area (TPSA) is 106 Å². The van der Waals surface area contributed by atoms with Crippen molar-refractivity contribution in [3.63, 3.8) is 0 Å². The Labute approximate surface area is 176 Å². The summed E-state index contributed by atoms with van der Waals surface area (Å²) in [6, 6.07) is 6.41. The van der Waals surface area contributed by atoms with Gasteiger partial charge in [0.1, 0.15) is 5.60 Å². The molecule has 1 fully saturated rings. The molecule has 1 atom stereocenters. The molecule has 1 unspecified atom stereocenters. The summed E-state index contributed by atoms with van der Waals surface area (Å²) < 4.78 is 11.0. The van der Waals surface area contributed by atoms with Crippen LogP contribution in [0, 0.1) is 5.92 Å². The molecule has 3 rings (SSSR count). The van der Waals surface area contributed by atoms with Gasteiger partial charge in [-0.25, -0.2) is 9.59 Å². The Morgan fingerprint density at radius 3 is 2.40 bits per heavy atom. The zero-order valence-corrected chi connectivity index (χ0v) is 17.9. The third-order valence-corrected chi connectivity index (χ3v) is 5.35. The summed E-state index contributed by atoms with van der Waals surface area (Å²) >= 11 is 0. The van der Waals surface area contributed by atoms with E-state index in [1.807, 2.05) is 20.8 Å². The van der Waals surface area contributed by atoms with Crippen molar-refractivity contribution in [1.29, 1.82) is 0 Å². The van der Waals surface area contributed by atoms with Crippen molar-refractivity contribution in [2.75, 3.05) is 13.1 Å². The first-order valence-electron chi connectivity index (χ1n) is 10.3. The molecule has 1 saturated heterocycles. The number of ether oxygens (including phenoxy) is 1. The van der Waals surface area contributed by atoms with Crippen LogP contribution in [0.15, 0.2) is 28.8 Å². The Morgan fingerprint density at radius 2 is 1.87 bits per heavy atom. The minimum Gasteiger partial charge on any atom is -0.478 e. The van der Waals surface area contributed by atoms with Gasteiger partial charge in [0.05, 0.1) is 5.56 Å². The second kappa shape index (κ2) is 8.85. The molecule has 8 nitrogen and oxygen atoms in total. The highest BCUT2D eigenvalue weighted by atomic mass is 16.6. The van der Waals surface area contributed by atoms with Crippen LogP contribution in [-0.4, -0.2) is 50.9 Å². The van der Waals surface area contributed by atoms with Gasteiger partial charge in [0.15, 0.2) is 0 Å². The number of aromatic carboxylic acids is 1. The zero-order valence-electron chi connectivity index (χ0n) is 17.9.